The number of pyridine rings is 1. The molecule has 0 unspecified atom stereocenters. The van der Waals surface area contributed by atoms with Crippen LogP contribution in [0.5, 0.6) is 6.01 Å². The molecule has 2 fully saturated rings. The predicted molar refractivity (Wildman–Crippen MR) is 119 cm³/mol. The molecule has 3 aromatic rings. The number of nitrogens with one attached hydrogen (secondary N) is 2. The number of aromatic nitrogens is 3. The SMILES string of the molecule is CC(=O)NC1CC(Oc2nc3nc(-c4ccc(N5CCOCC5)cc4)c(Cl)cc3[nH]2)C1. The number of carbonyl (C=O) groups excluding carboxylic acids is 1. The number of amides is 1. The van der Waals surface area contributed by atoms with Crippen molar-refractivity contribution in [2.75, 3.05) is 31.2 Å². The Morgan fingerprint density at radius 3 is 2.68 bits per heavy atom. The van der Waals surface area contributed by atoms with Crippen LogP contribution in [0.4, 0.5) is 5.69 Å². The molecule has 1 saturated heterocycles. The molecule has 1 aliphatic heterocycles. The van der Waals surface area contributed by atoms with Gasteiger partial charge in [0.05, 0.1) is 29.4 Å². The summed E-state index contributed by atoms with van der Waals surface area (Å²) in [5.41, 5.74) is 4.08. The van der Waals surface area contributed by atoms with Crippen LogP contribution < -0.4 is 15.0 Å². The van der Waals surface area contributed by atoms with Gasteiger partial charge < -0.3 is 24.7 Å². The molecule has 2 N–H and O–H groups in total. The van der Waals surface area contributed by atoms with Crippen LogP contribution in [0.2, 0.25) is 5.02 Å². The Balaban J connectivity index is 1.31. The number of hydrogen-bond acceptors (Lipinski definition) is 6. The number of benzene rings is 1. The number of H-pyrrole nitrogens is 1. The van der Waals surface area contributed by atoms with E-state index in [1.807, 2.05) is 18.2 Å². The van der Waals surface area contributed by atoms with Crippen LogP contribution in [-0.2, 0) is 9.53 Å². The van der Waals surface area contributed by atoms with Crippen LogP contribution in [0.15, 0.2) is 30.3 Å². The molecule has 2 aliphatic rings. The minimum atomic E-state index is -0.0171. The number of carbonyl (C=O) groups is 1. The smallest absolute Gasteiger partial charge is 0.296 e. The van der Waals surface area contributed by atoms with Gasteiger partial charge in [0.1, 0.15) is 6.10 Å². The second kappa shape index (κ2) is 8.36. The fraction of sp³-hybridized carbons (Fsp3) is 0.409. The first-order valence-electron chi connectivity index (χ1n) is 10.5. The Morgan fingerprint density at radius 1 is 1.23 bits per heavy atom. The van der Waals surface area contributed by atoms with E-state index in [9.17, 15) is 4.79 Å². The van der Waals surface area contributed by atoms with Gasteiger partial charge in [-0.3, -0.25) is 4.79 Å². The standard InChI is InChI=1S/C22H24ClN5O3/c1-13(29)24-15-10-17(11-15)31-22-25-19-12-18(23)20(26-21(19)27-22)14-2-4-16(5-3-14)28-6-8-30-9-7-28/h2-5,12,15,17H,6-11H2,1H3,(H,24,29)(H,25,26,27). The summed E-state index contributed by atoms with van der Waals surface area (Å²) in [5.74, 6) is -0.0171. The van der Waals surface area contributed by atoms with E-state index in [-0.39, 0.29) is 18.1 Å². The molecule has 0 bridgehead atoms. The Labute approximate surface area is 184 Å². The van der Waals surface area contributed by atoms with Crippen molar-refractivity contribution >= 4 is 34.4 Å². The third kappa shape index (κ3) is 4.31. The molecular formula is C22H24ClN5O3. The van der Waals surface area contributed by atoms with E-state index in [0.717, 1.165) is 55.9 Å². The average molecular weight is 442 g/mol. The summed E-state index contributed by atoms with van der Waals surface area (Å²) >= 11 is 6.53. The molecule has 31 heavy (non-hydrogen) atoms. The van der Waals surface area contributed by atoms with Crippen LogP contribution >= 0.6 is 11.6 Å². The van der Waals surface area contributed by atoms with Gasteiger partial charge in [-0.1, -0.05) is 23.7 Å². The van der Waals surface area contributed by atoms with Crippen LogP contribution in [0, 0.1) is 0 Å². The van der Waals surface area contributed by atoms with Crippen LogP contribution in [-0.4, -0.2) is 59.3 Å². The average Bonchev–Trinajstić information content (AvgIpc) is 3.13. The van der Waals surface area contributed by atoms with Crippen molar-refractivity contribution < 1.29 is 14.3 Å². The van der Waals surface area contributed by atoms with Crippen LogP contribution in [0.1, 0.15) is 19.8 Å². The maximum atomic E-state index is 11.1. The van der Waals surface area contributed by atoms with Crippen molar-refractivity contribution in [3.63, 3.8) is 0 Å². The number of ether oxygens (including phenoxy) is 2. The molecule has 1 amide bonds. The number of rotatable bonds is 5. The van der Waals surface area contributed by atoms with E-state index in [1.54, 1.807) is 0 Å². The van der Waals surface area contributed by atoms with Crippen LogP contribution in [0.25, 0.3) is 22.4 Å². The predicted octanol–water partition coefficient (Wildman–Crippen LogP) is 3.16. The molecule has 9 heteroatoms. The van der Waals surface area contributed by atoms with Crippen LogP contribution in [0.3, 0.4) is 0 Å². The Bertz CT molecular complexity index is 1090. The second-order valence-electron chi connectivity index (χ2n) is 7.99. The highest BCUT2D eigenvalue weighted by Gasteiger charge is 2.32. The molecule has 2 aromatic heterocycles. The number of imidazole rings is 1. The quantitative estimate of drug-likeness (QED) is 0.631. The lowest BCUT2D eigenvalue weighted by atomic mass is 9.89. The van der Waals surface area contributed by atoms with Gasteiger partial charge in [0, 0.05) is 50.1 Å². The maximum Gasteiger partial charge on any atom is 0.296 e. The second-order valence-corrected chi connectivity index (χ2v) is 8.39. The molecule has 1 saturated carbocycles. The molecule has 1 aliphatic carbocycles. The monoisotopic (exact) mass is 441 g/mol. The van der Waals surface area contributed by atoms with E-state index in [1.165, 1.54) is 6.92 Å². The van der Waals surface area contributed by atoms with Gasteiger partial charge in [-0.2, -0.15) is 4.98 Å². The van der Waals surface area contributed by atoms with Crippen molar-refractivity contribution in [2.24, 2.45) is 0 Å². The molecule has 162 valence electrons. The molecule has 3 heterocycles. The molecule has 8 nitrogen and oxygen atoms in total. The number of hydrogen-bond donors (Lipinski definition) is 2. The van der Waals surface area contributed by atoms with Gasteiger partial charge in [0.2, 0.25) is 5.91 Å². The van der Waals surface area contributed by atoms with E-state index in [0.29, 0.717) is 22.4 Å². The summed E-state index contributed by atoms with van der Waals surface area (Å²) in [5, 5.41) is 3.44. The normalized spacial score (nSPS) is 21.0. The molecule has 5 rings (SSSR count). The minimum absolute atomic E-state index is 0.0171. The summed E-state index contributed by atoms with van der Waals surface area (Å²) in [6.45, 7) is 4.82. The Morgan fingerprint density at radius 2 is 1.97 bits per heavy atom. The van der Waals surface area contributed by atoms with E-state index in [2.05, 4.69) is 37.3 Å². The van der Waals surface area contributed by atoms with Gasteiger partial charge >= 0.3 is 0 Å². The topological polar surface area (TPSA) is 92.4 Å². The number of anilines is 1. The lowest BCUT2D eigenvalue weighted by molar-refractivity contribution is -0.120. The zero-order valence-electron chi connectivity index (χ0n) is 17.2. The fourth-order valence-corrected chi connectivity index (χ4v) is 4.29. The third-order valence-electron chi connectivity index (χ3n) is 5.70. The van der Waals surface area contributed by atoms with Gasteiger partial charge in [-0.25, -0.2) is 4.98 Å². The first-order valence-corrected chi connectivity index (χ1v) is 10.9. The van der Waals surface area contributed by atoms with E-state index in [4.69, 9.17) is 21.1 Å². The Hall–Kier alpha value is -2.84. The van der Waals surface area contributed by atoms with Gasteiger partial charge in [0.25, 0.3) is 6.01 Å². The summed E-state index contributed by atoms with van der Waals surface area (Å²) in [7, 11) is 0. The maximum absolute atomic E-state index is 11.1. The number of morpholine rings is 1. The highest BCUT2D eigenvalue weighted by atomic mass is 35.5. The van der Waals surface area contributed by atoms with Crippen molar-refractivity contribution in [3.8, 4) is 17.3 Å². The first kappa shape index (κ1) is 20.1. The zero-order valence-corrected chi connectivity index (χ0v) is 18.0. The number of nitrogens with zero attached hydrogens (tertiary/aromatic N) is 3. The minimum Gasteiger partial charge on any atom is -0.461 e. The molecular weight excluding hydrogens is 418 g/mol. The lowest BCUT2D eigenvalue weighted by Gasteiger charge is -2.34. The number of fused-ring (bicyclic) bond motifs is 1. The van der Waals surface area contributed by atoms with Crippen molar-refractivity contribution in [3.05, 3.63) is 35.4 Å². The van der Waals surface area contributed by atoms with Crippen molar-refractivity contribution in [2.45, 2.75) is 31.9 Å². The van der Waals surface area contributed by atoms with Gasteiger partial charge in [-0.05, 0) is 18.2 Å². The highest BCUT2D eigenvalue weighted by Crippen LogP contribution is 2.32. The molecule has 0 atom stereocenters. The molecule has 0 radical (unpaired) electrons. The summed E-state index contributed by atoms with van der Waals surface area (Å²) in [4.78, 5) is 25.7. The summed E-state index contributed by atoms with van der Waals surface area (Å²) < 4.78 is 11.3. The van der Waals surface area contributed by atoms with Gasteiger partial charge in [0.15, 0.2) is 5.65 Å². The highest BCUT2D eigenvalue weighted by molar-refractivity contribution is 6.33. The molecule has 1 aromatic carbocycles. The van der Waals surface area contributed by atoms with E-state index >= 15 is 0 Å². The number of aromatic amines is 1. The first-order chi connectivity index (χ1) is 15.0. The summed E-state index contributed by atoms with van der Waals surface area (Å²) in [6, 6.07) is 10.7. The Kier molecular flexibility index (Phi) is 5.41. The third-order valence-corrected chi connectivity index (χ3v) is 5.99. The van der Waals surface area contributed by atoms with Gasteiger partial charge in [-0.15, -0.1) is 0 Å². The lowest BCUT2D eigenvalue weighted by Crippen LogP contribution is -2.48. The largest absolute Gasteiger partial charge is 0.461 e. The molecule has 0 spiro atoms. The van der Waals surface area contributed by atoms with Crippen molar-refractivity contribution in [1.82, 2.24) is 20.3 Å². The fourth-order valence-electron chi connectivity index (χ4n) is 4.03. The summed E-state index contributed by atoms with van der Waals surface area (Å²) in [6.07, 6.45) is 1.57. The van der Waals surface area contributed by atoms with Crippen molar-refractivity contribution in [1.29, 1.82) is 0 Å². The van der Waals surface area contributed by atoms with E-state index < -0.39 is 0 Å². The zero-order chi connectivity index (χ0) is 21.4. The number of halogens is 1.